The van der Waals surface area contributed by atoms with E-state index in [0.29, 0.717) is 0 Å². The predicted octanol–water partition coefficient (Wildman–Crippen LogP) is 3.95. The third-order valence-electron chi connectivity index (χ3n) is 2.78. The molecule has 0 bridgehead atoms. The van der Waals surface area contributed by atoms with Gasteiger partial charge >= 0.3 is 0 Å². The van der Waals surface area contributed by atoms with Crippen LogP contribution < -0.4 is 9.47 Å². The average Bonchev–Trinajstić information content (AvgIpc) is 2.39. The Morgan fingerprint density at radius 2 is 1.83 bits per heavy atom. The van der Waals surface area contributed by atoms with Crippen LogP contribution in [0, 0.1) is 0 Å². The van der Waals surface area contributed by atoms with Crippen LogP contribution >= 0.6 is 11.6 Å². The molecule has 0 aliphatic carbocycles. The van der Waals surface area contributed by atoms with Gasteiger partial charge in [0, 0.05) is 17.5 Å². The molecule has 2 rings (SSSR count). The number of hydrogen-bond donors (Lipinski definition) is 0. The lowest BCUT2D eigenvalue weighted by Crippen LogP contribution is -1.95. The summed E-state index contributed by atoms with van der Waals surface area (Å²) in [5.74, 6) is 1.62. The van der Waals surface area contributed by atoms with Crippen molar-refractivity contribution in [3.8, 4) is 11.5 Å². The summed E-state index contributed by atoms with van der Waals surface area (Å²) < 4.78 is 10.6. The lowest BCUT2D eigenvalue weighted by atomic mass is 10.0. The van der Waals surface area contributed by atoms with E-state index >= 15 is 0 Å². The van der Waals surface area contributed by atoms with E-state index in [1.54, 1.807) is 14.2 Å². The van der Waals surface area contributed by atoms with Gasteiger partial charge in [-0.2, -0.15) is 0 Å². The smallest absolute Gasteiger partial charge is 0.126 e. The van der Waals surface area contributed by atoms with Crippen molar-refractivity contribution in [3.63, 3.8) is 0 Å². The Bertz CT molecular complexity index is 538. The lowest BCUT2D eigenvalue weighted by molar-refractivity contribution is 0.391. The third-order valence-corrected chi connectivity index (χ3v) is 3.01. The second-order valence-electron chi connectivity index (χ2n) is 3.98. The Kier molecular flexibility index (Phi) is 4.11. The molecule has 18 heavy (non-hydrogen) atoms. The molecule has 0 saturated carbocycles. The molecular weight excluding hydrogens is 248 g/mol. The first-order chi connectivity index (χ1) is 8.72. The average molecular weight is 263 g/mol. The maximum absolute atomic E-state index is 5.98. The largest absolute Gasteiger partial charge is 0.497 e. The highest BCUT2D eigenvalue weighted by Gasteiger charge is 2.06. The summed E-state index contributed by atoms with van der Waals surface area (Å²) in [7, 11) is 3.31. The summed E-state index contributed by atoms with van der Waals surface area (Å²) in [5, 5.41) is 0.750. The molecule has 0 aliphatic heterocycles. The number of methoxy groups -OCH3 is 2. The third kappa shape index (κ3) is 2.96. The van der Waals surface area contributed by atoms with Gasteiger partial charge in [-0.05, 0) is 29.3 Å². The first-order valence-corrected chi connectivity index (χ1v) is 6.06. The molecule has 0 aromatic heterocycles. The van der Waals surface area contributed by atoms with Crippen molar-refractivity contribution >= 4 is 11.6 Å². The van der Waals surface area contributed by atoms with Crippen molar-refractivity contribution in [1.82, 2.24) is 0 Å². The van der Waals surface area contributed by atoms with E-state index < -0.39 is 0 Å². The van der Waals surface area contributed by atoms with Gasteiger partial charge in [-0.1, -0.05) is 29.8 Å². The fourth-order valence-electron chi connectivity index (χ4n) is 1.86. The minimum atomic E-state index is 0.750. The Balaban J connectivity index is 2.28. The van der Waals surface area contributed by atoms with Crippen molar-refractivity contribution in [2.45, 2.75) is 6.42 Å². The summed E-state index contributed by atoms with van der Waals surface area (Å²) >= 11 is 5.98. The van der Waals surface area contributed by atoms with Crippen molar-refractivity contribution in [2.75, 3.05) is 14.2 Å². The number of benzene rings is 2. The highest BCUT2D eigenvalue weighted by atomic mass is 35.5. The molecule has 0 heterocycles. The normalized spacial score (nSPS) is 10.2. The summed E-state index contributed by atoms with van der Waals surface area (Å²) in [6.45, 7) is 0. The molecule has 0 N–H and O–H groups in total. The first kappa shape index (κ1) is 12.8. The molecule has 2 nitrogen and oxygen atoms in total. The first-order valence-electron chi connectivity index (χ1n) is 5.68. The van der Waals surface area contributed by atoms with Gasteiger partial charge < -0.3 is 9.47 Å². The van der Waals surface area contributed by atoms with E-state index in [0.717, 1.165) is 34.1 Å². The molecule has 0 spiro atoms. The molecule has 0 aliphatic rings. The molecule has 94 valence electrons. The van der Waals surface area contributed by atoms with Crippen LogP contribution in [0.4, 0.5) is 0 Å². The molecule has 0 fully saturated rings. The van der Waals surface area contributed by atoms with Crippen molar-refractivity contribution in [1.29, 1.82) is 0 Å². The fourth-order valence-corrected chi connectivity index (χ4v) is 2.08. The topological polar surface area (TPSA) is 18.5 Å². The summed E-state index contributed by atoms with van der Waals surface area (Å²) in [6, 6.07) is 13.7. The van der Waals surface area contributed by atoms with Gasteiger partial charge in [0.15, 0.2) is 0 Å². The molecule has 3 heteroatoms. The molecule has 2 aromatic carbocycles. The van der Waals surface area contributed by atoms with Crippen molar-refractivity contribution in [3.05, 3.63) is 58.6 Å². The summed E-state index contributed by atoms with van der Waals surface area (Å²) in [5.41, 5.74) is 2.27. The monoisotopic (exact) mass is 262 g/mol. The minimum Gasteiger partial charge on any atom is -0.497 e. The SMILES string of the molecule is COc1ccc(Cc2cccc(Cl)c2)c(OC)c1. The Labute approximate surface area is 112 Å². The van der Waals surface area contributed by atoms with E-state index in [1.165, 1.54) is 0 Å². The van der Waals surface area contributed by atoms with Crippen molar-refractivity contribution in [2.24, 2.45) is 0 Å². The zero-order valence-electron chi connectivity index (χ0n) is 10.4. The molecular formula is C15H15ClO2. The predicted molar refractivity (Wildman–Crippen MR) is 73.8 cm³/mol. The molecule has 0 amide bonds. The van der Waals surface area contributed by atoms with Crippen LogP contribution in [-0.4, -0.2) is 14.2 Å². The molecule has 0 saturated heterocycles. The van der Waals surface area contributed by atoms with E-state index in [4.69, 9.17) is 21.1 Å². The lowest BCUT2D eigenvalue weighted by Gasteiger charge is -2.10. The van der Waals surface area contributed by atoms with Gasteiger partial charge in [-0.25, -0.2) is 0 Å². The molecule has 0 atom stereocenters. The van der Waals surface area contributed by atoms with E-state index in [-0.39, 0.29) is 0 Å². The molecule has 2 aromatic rings. The van der Waals surface area contributed by atoms with Crippen molar-refractivity contribution < 1.29 is 9.47 Å². The van der Waals surface area contributed by atoms with Gasteiger partial charge in [0.25, 0.3) is 0 Å². The standard InChI is InChI=1S/C15H15ClO2/c1-17-14-7-6-12(15(10-14)18-2)8-11-4-3-5-13(16)9-11/h3-7,9-10H,8H2,1-2H3. The minimum absolute atomic E-state index is 0.750. The zero-order chi connectivity index (χ0) is 13.0. The van der Waals surface area contributed by atoms with Crippen LogP contribution in [0.2, 0.25) is 5.02 Å². The van der Waals surface area contributed by atoms with Crippen LogP contribution in [0.5, 0.6) is 11.5 Å². The van der Waals surface area contributed by atoms with E-state index in [9.17, 15) is 0 Å². The Morgan fingerprint density at radius 1 is 1.00 bits per heavy atom. The Morgan fingerprint density at radius 3 is 2.50 bits per heavy atom. The van der Waals surface area contributed by atoms with Gasteiger partial charge in [0.2, 0.25) is 0 Å². The van der Waals surface area contributed by atoms with Crippen LogP contribution in [0.25, 0.3) is 0 Å². The molecule has 0 unspecified atom stereocenters. The fraction of sp³-hybridized carbons (Fsp3) is 0.200. The number of rotatable bonds is 4. The van der Waals surface area contributed by atoms with Crippen LogP contribution in [0.1, 0.15) is 11.1 Å². The van der Waals surface area contributed by atoms with Crippen LogP contribution in [0.15, 0.2) is 42.5 Å². The maximum atomic E-state index is 5.98. The summed E-state index contributed by atoms with van der Waals surface area (Å²) in [6.07, 6.45) is 0.785. The quantitative estimate of drug-likeness (QED) is 0.831. The summed E-state index contributed by atoms with van der Waals surface area (Å²) in [4.78, 5) is 0. The maximum Gasteiger partial charge on any atom is 0.126 e. The Hall–Kier alpha value is -1.67. The second kappa shape index (κ2) is 5.78. The zero-order valence-corrected chi connectivity index (χ0v) is 11.2. The highest BCUT2D eigenvalue weighted by molar-refractivity contribution is 6.30. The number of halogens is 1. The van der Waals surface area contributed by atoms with Gasteiger partial charge in [0.1, 0.15) is 11.5 Å². The highest BCUT2D eigenvalue weighted by Crippen LogP contribution is 2.27. The van der Waals surface area contributed by atoms with Crippen LogP contribution in [-0.2, 0) is 6.42 Å². The second-order valence-corrected chi connectivity index (χ2v) is 4.42. The van der Waals surface area contributed by atoms with E-state index in [1.807, 2.05) is 36.4 Å². The van der Waals surface area contributed by atoms with Crippen LogP contribution in [0.3, 0.4) is 0 Å². The van der Waals surface area contributed by atoms with Gasteiger partial charge in [-0.15, -0.1) is 0 Å². The number of hydrogen-bond acceptors (Lipinski definition) is 2. The number of ether oxygens (including phenoxy) is 2. The van der Waals surface area contributed by atoms with E-state index in [2.05, 4.69) is 6.07 Å². The van der Waals surface area contributed by atoms with Gasteiger partial charge in [0.05, 0.1) is 14.2 Å². The van der Waals surface area contributed by atoms with Gasteiger partial charge in [-0.3, -0.25) is 0 Å². The molecule has 0 radical (unpaired) electrons.